The minimum atomic E-state index is -2.11. The molecule has 0 aromatic rings. The topological polar surface area (TPSA) is 490 Å². The van der Waals surface area contributed by atoms with E-state index in [1.807, 2.05) is 0 Å². The fourth-order valence-electron chi connectivity index (χ4n) is 9.91. The van der Waals surface area contributed by atoms with Gasteiger partial charge in [0.2, 0.25) is 5.91 Å². The number of nitrogens with two attached hydrogens (primary N) is 1. The predicted molar refractivity (Wildman–Crippen MR) is 244 cm³/mol. The molecule has 0 bridgehead atoms. The Kier molecular flexibility index (Phi) is 24.7. The van der Waals surface area contributed by atoms with E-state index in [4.69, 9.17) is 62.6 Å². The highest BCUT2D eigenvalue weighted by Crippen LogP contribution is 2.36. The molecule has 6 heterocycles. The SMILES string of the molecule is CC(=O)NC1CC(O[C@@H]2OC(CO)[C@H](O)C(O)C2O[C@@H]2OC(C)[C@@H](O)C(O)C2O)[C@@H](O)C(CO)O[C@H]1OC1CC(O)[C@@H](O[C@H]2C(CO)O[C@@H](O[C@@H]3C(CF)O[C@@H](OCCCCCN)C(O)C3O)C(O)C2O)OC(CO)[C@@H]1O. The van der Waals surface area contributed by atoms with Crippen molar-refractivity contribution in [3.8, 4) is 0 Å². The van der Waals surface area contributed by atoms with Crippen LogP contribution in [0, 0.1) is 0 Å². The van der Waals surface area contributed by atoms with Crippen LogP contribution in [0.3, 0.4) is 0 Å². The number of aliphatic hydroxyl groups is 16. The van der Waals surface area contributed by atoms with Gasteiger partial charge in [0, 0.05) is 26.4 Å². The molecule has 32 heteroatoms. The Morgan fingerprint density at radius 2 is 0.961 bits per heavy atom. The molecule has 0 spiro atoms. The first-order chi connectivity index (χ1) is 36.6. The molecule has 31 nitrogen and oxygen atoms in total. The summed E-state index contributed by atoms with van der Waals surface area (Å²) in [7, 11) is 0. The molecular weight excluding hydrogens is 1050 g/mol. The van der Waals surface area contributed by atoms with E-state index in [2.05, 4.69) is 5.32 Å². The normalized spacial score (nSPS) is 48.2. The molecule has 19 N–H and O–H groups in total. The fraction of sp³-hybridized carbons (Fsp3) is 0.978. The highest BCUT2D eigenvalue weighted by Gasteiger charge is 2.56. The molecule has 6 saturated heterocycles. The maximum absolute atomic E-state index is 14.3. The Balaban J connectivity index is 1.15. The lowest BCUT2D eigenvalue weighted by molar-refractivity contribution is -0.372. The van der Waals surface area contributed by atoms with Gasteiger partial charge in [0.15, 0.2) is 37.7 Å². The van der Waals surface area contributed by atoms with Crippen molar-refractivity contribution in [3.63, 3.8) is 0 Å². The number of carbonyl (C=O) groups is 1. The molecule has 1 amide bonds. The number of nitrogens with one attached hydrogen (secondary N) is 1. The monoisotopic (exact) mass is 1130 g/mol. The van der Waals surface area contributed by atoms with Crippen LogP contribution in [0.2, 0.25) is 0 Å². The number of alkyl halides is 1. The highest BCUT2D eigenvalue weighted by atomic mass is 19.1. The van der Waals surface area contributed by atoms with Crippen LogP contribution in [0.1, 0.15) is 46.0 Å². The molecule has 18 unspecified atom stereocenters. The average Bonchev–Trinajstić information content (AvgIpc) is 3.61. The van der Waals surface area contributed by atoms with Crippen molar-refractivity contribution in [3.05, 3.63) is 0 Å². The van der Waals surface area contributed by atoms with Crippen LogP contribution < -0.4 is 11.1 Å². The number of rotatable bonds is 22. The maximum atomic E-state index is 14.3. The number of halogens is 1. The lowest BCUT2D eigenvalue weighted by Crippen LogP contribution is -2.65. The van der Waals surface area contributed by atoms with E-state index in [9.17, 15) is 90.9 Å². The summed E-state index contributed by atoms with van der Waals surface area (Å²) in [6, 6.07) is -1.42. The molecule has 0 radical (unpaired) electrons. The summed E-state index contributed by atoms with van der Waals surface area (Å²) in [4.78, 5) is 12.7. The lowest BCUT2D eigenvalue weighted by atomic mass is 9.96. The number of aliphatic hydroxyl groups excluding tert-OH is 16. The van der Waals surface area contributed by atoms with E-state index >= 15 is 0 Å². The summed E-state index contributed by atoms with van der Waals surface area (Å²) in [6.45, 7) is -2.16. The molecule has 6 fully saturated rings. The van der Waals surface area contributed by atoms with E-state index in [1.165, 1.54) is 6.92 Å². The van der Waals surface area contributed by atoms with Gasteiger partial charge in [-0.2, -0.15) is 0 Å². The molecule has 6 aliphatic heterocycles. The van der Waals surface area contributed by atoms with Crippen molar-refractivity contribution in [2.45, 2.75) is 230 Å². The number of unbranched alkanes of at least 4 members (excludes halogenated alkanes) is 2. The third-order valence-electron chi connectivity index (χ3n) is 14.4. The number of amides is 1. The Bertz CT molecular complexity index is 1760. The summed E-state index contributed by atoms with van der Waals surface area (Å²) >= 11 is 0. The molecule has 30 atom stereocenters. The summed E-state index contributed by atoms with van der Waals surface area (Å²) in [5, 5.41) is 176. The van der Waals surface area contributed by atoms with Gasteiger partial charge < -0.3 is 150 Å². The summed E-state index contributed by atoms with van der Waals surface area (Å²) in [6.07, 6.45) is -50.6. The second kappa shape index (κ2) is 29.5. The Hall–Kier alpha value is -1.76. The van der Waals surface area contributed by atoms with Crippen molar-refractivity contribution >= 4 is 5.91 Å². The minimum absolute atomic E-state index is 0.0829. The molecular formula is C45H79FN2O29. The second-order valence-corrected chi connectivity index (χ2v) is 19.9. The van der Waals surface area contributed by atoms with Crippen molar-refractivity contribution in [2.24, 2.45) is 5.73 Å². The van der Waals surface area contributed by atoms with Crippen LogP contribution in [0.4, 0.5) is 4.39 Å². The zero-order valence-electron chi connectivity index (χ0n) is 42.2. The van der Waals surface area contributed by atoms with Gasteiger partial charge in [0.25, 0.3) is 0 Å². The van der Waals surface area contributed by atoms with Gasteiger partial charge in [0.1, 0.15) is 129 Å². The van der Waals surface area contributed by atoms with Crippen LogP contribution in [0.15, 0.2) is 0 Å². The smallest absolute Gasteiger partial charge is 0.217 e. The number of hydrogen-bond acceptors (Lipinski definition) is 30. The largest absolute Gasteiger partial charge is 0.394 e. The van der Waals surface area contributed by atoms with Crippen molar-refractivity contribution < 1.29 is 148 Å². The van der Waals surface area contributed by atoms with E-state index in [0.29, 0.717) is 25.8 Å². The summed E-state index contributed by atoms with van der Waals surface area (Å²) in [5.74, 6) is -0.727. The van der Waals surface area contributed by atoms with E-state index in [-0.39, 0.29) is 6.61 Å². The van der Waals surface area contributed by atoms with Crippen LogP contribution in [0.5, 0.6) is 0 Å². The second-order valence-electron chi connectivity index (χ2n) is 19.9. The molecule has 77 heavy (non-hydrogen) atoms. The molecule has 450 valence electrons. The summed E-state index contributed by atoms with van der Waals surface area (Å²) < 4.78 is 83.6. The van der Waals surface area contributed by atoms with Gasteiger partial charge in [-0.1, -0.05) is 0 Å². The van der Waals surface area contributed by atoms with Crippen LogP contribution in [-0.2, 0) is 61.6 Å². The van der Waals surface area contributed by atoms with Gasteiger partial charge >= 0.3 is 0 Å². The van der Waals surface area contributed by atoms with Gasteiger partial charge in [0.05, 0.1) is 50.8 Å². The third kappa shape index (κ3) is 15.3. The van der Waals surface area contributed by atoms with Gasteiger partial charge in [-0.05, 0) is 32.7 Å². The predicted octanol–water partition coefficient (Wildman–Crippen LogP) is -10.0. The number of hydrogen-bond donors (Lipinski definition) is 18. The average molecular weight is 1130 g/mol. The first kappa shape index (κ1) is 64.4. The lowest BCUT2D eigenvalue weighted by Gasteiger charge is -2.47. The fourth-order valence-corrected chi connectivity index (χ4v) is 9.91. The molecule has 6 rings (SSSR count). The van der Waals surface area contributed by atoms with Crippen LogP contribution in [0.25, 0.3) is 0 Å². The van der Waals surface area contributed by atoms with Gasteiger partial charge in [-0.3, -0.25) is 4.79 Å². The molecule has 0 aliphatic carbocycles. The molecule has 0 aromatic carbocycles. The van der Waals surface area contributed by atoms with E-state index < -0.39 is 236 Å². The standard InChI is InChI=1S/C45H79FN2O29/c1-15-26(55)30(59)34(63)43(67-15)77-39-31(60)29(58)24(13-51)73-45(39)69-19-8-17(48-16(2)53)40(71-22(11-49)27(19)56)68-20-9-18(54)41(72-23(12-50)28(20)57)75-38-25(14-52)74-44(36(65)33(38)62)76-37-21(10-46)70-42(35(64)32(37)61)66-7-5-3-4-6-47/h15,17-45,49-52,54-65H,3-14,47H2,1-2H3,(H,48,53)/t15?,17?,18?,19?,20?,21?,22?,23?,24?,25?,26-,27-,28-,29+,30?,31?,32?,33?,34?,35?,36?,37-,38+,39?,40-,41-,42-,43+,44+,45-/m1/s1. The van der Waals surface area contributed by atoms with Gasteiger partial charge in [-0.25, -0.2) is 4.39 Å². The van der Waals surface area contributed by atoms with Crippen molar-refractivity contribution in [1.29, 1.82) is 0 Å². The number of ether oxygens (including phenoxy) is 12. The Labute approximate surface area is 440 Å². The first-order valence-electron chi connectivity index (χ1n) is 25.6. The molecule has 0 saturated carbocycles. The summed E-state index contributed by atoms with van der Waals surface area (Å²) in [5.41, 5.74) is 5.50. The van der Waals surface area contributed by atoms with Crippen LogP contribution >= 0.6 is 0 Å². The van der Waals surface area contributed by atoms with Gasteiger partial charge in [-0.15, -0.1) is 0 Å². The van der Waals surface area contributed by atoms with Crippen LogP contribution in [-0.4, -0.2) is 318 Å². The van der Waals surface area contributed by atoms with E-state index in [1.54, 1.807) is 0 Å². The first-order valence-corrected chi connectivity index (χ1v) is 25.6. The zero-order valence-corrected chi connectivity index (χ0v) is 42.2. The molecule has 0 aromatic heterocycles. The third-order valence-corrected chi connectivity index (χ3v) is 14.4. The quantitative estimate of drug-likeness (QED) is 0.0448. The molecule has 6 aliphatic rings. The van der Waals surface area contributed by atoms with Crippen molar-refractivity contribution in [1.82, 2.24) is 5.32 Å². The van der Waals surface area contributed by atoms with E-state index in [0.717, 1.165) is 6.92 Å². The minimum Gasteiger partial charge on any atom is -0.394 e. The number of carbonyl (C=O) groups excluding carboxylic acids is 1. The highest BCUT2D eigenvalue weighted by molar-refractivity contribution is 5.73. The van der Waals surface area contributed by atoms with Crippen molar-refractivity contribution in [2.75, 3.05) is 46.3 Å². The Morgan fingerprint density at radius 1 is 0.494 bits per heavy atom. The maximum Gasteiger partial charge on any atom is 0.217 e. The zero-order chi connectivity index (χ0) is 56.6. The Morgan fingerprint density at radius 3 is 1.56 bits per heavy atom.